The lowest BCUT2D eigenvalue weighted by atomic mass is 10.1. The fourth-order valence-corrected chi connectivity index (χ4v) is 5.10. The average molecular weight is 484 g/mol. The summed E-state index contributed by atoms with van der Waals surface area (Å²) in [5.41, 5.74) is 6.12. The van der Waals surface area contributed by atoms with Gasteiger partial charge in [-0.25, -0.2) is 0 Å². The molecule has 0 spiro atoms. The molecule has 0 aliphatic rings. The van der Waals surface area contributed by atoms with Crippen LogP contribution in [0.15, 0.2) is 70.5 Å². The maximum atomic E-state index is 12.2. The molecule has 2 N–H and O–H groups in total. The summed E-state index contributed by atoms with van der Waals surface area (Å²) in [5.74, 6) is 0.352. The van der Waals surface area contributed by atoms with Crippen LogP contribution in [0.25, 0.3) is 0 Å². The van der Waals surface area contributed by atoms with E-state index in [1.165, 1.54) is 33.5 Å². The number of carbonyl (C=O) groups is 2. The van der Waals surface area contributed by atoms with Gasteiger partial charge >= 0.3 is 0 Å². The molecular formula is C22H21N5O2S3. The summed E-state index contributed by atoms with van der Waals surface area (Å²) >= 11 is 4.30. The molecule has 3 aromatic heterocycles. The van der Waals surface area contributed by atoms with Crippen molar-refractivity contribution < 1.29 is 9.59 Å². The Kier molecular flexibility index (Phi) is 7.70. The Balaban J connectivity index is 1.38. The molecule has 2 amide bonds. The number of rotatable bonds is 9. The van der Waals surface area contributed by atoms with Crippen LogP contribution in [-0.4, -0.2) is 32.3 Å². The van der Waals surface area contributed by atoms with Crippen molar-refractivity contribution in [3.63, 3.8) is 0 Å². The first kappa shape index (κ1) is 22.3. The van der Waals surface area contributed by atoms with E-state index in [2.05, 4.69) is 43.8 Å². The van der Waals surface area contributed by atoms with Gasteiger partial charge in [-0.1, -0.05) is 54.2 Å². The molecule has 0 radical (unpaired) electrons. The molecule has 4 aromatic rings. The summed E-state index contributed by atoms with van der Waals surface area (Å²) < 4.78 is 2.08. The maximum Gasteiger partial charge on any atom is 0.279 e. The number of hydrogen-bond acceptors (Lipinski definition) is 7. The SMILES string of the molecule is O=C(CSc1nnc(Cc2cccs2)n1CCc1ccccc1)NNC(=O)c1cccs1. The van der Waals surface area contributed by atoms with Crippen LogP contribution in [-0.2, 0) is 24.2 Å². The van der Waals surface area contributed by atoms with Crippen LogP contribution in [0, 0.1) is 0 Å². The lowest BCUT2D eigenvalue weighted by Crippen LogP contribution is -2.42. The van der Waals surface area contributed by atoms with Crippen LogP contribution >= 0.6 is 34.4 Å². The van der Waals surface area contributed by atoms with Crippen LogP contribution in [0.3, 0.4) is 0 Å². The van der Waals surface area contributed by atoms with E-state index in [9.17, 15) is 9.59 Å². The van der Waals surface area contributed by atoms with Crippen LogP contribution in [0.5, 0.6) is 0 Å². The molecule has 0 aliphatic heterocycles. The molecule has 32 heavy (non-hydrogen) atoms. The zero-order valence-electron chi connectivity index (χ0n) is 17.1. The number of aryl methyl sites for hydroxylation is 1. The summed E-state index contributed by atoms with van der Waals surface area (Å²) in [6.45, 7) is 0.719. The molecular weight excluding hydrogens is 462 g/mol. The van der Waals surface area contributed by atoms with Crippen LogP contribution in [0.1, 0.15) is 25.9 Å². The first-order chi connectivity index (χ1) is 15.7. The monoisotopic (exact) mass is 483 g/mol. The minimum atomic E-state index is -0.331. The van der Waals surface area contributed by atoms with E-state index in [1.54, 1.807) is 23.5 Å². The zero-order valence-corrected chi connectivity index (χ0v) is 19.5. The molecule has 164 valence electrons. The number of hydrogen-bond donors (Lipinski definition) is 2. The van der Waals surface area contributed by atoms with Crippen LogP contribution in [0.4, 0.5) is 0 Å². The first-order valence-electron chi connectivity index (χ1n) is 9.93. The Bertz CT molecular complexity index is 1140. The van der Waals surface area contributed by atoms with Crippen LogP contribution in [0.2, 0.25) is 0 Å². The zero-order chi connectivity index (χ0) is 22.2. The predicted molar refractivity (Wildman–Crippen MR) is 128 cm³/mol. The Morgan fingerprint density at radius 2 is 1.75 bits per heavy atom. The van der Waals surface area contributed by atoms with Gasteiger partial charge in [-0.2, -0.15) is 0 Å². The summed E-state index contributed by atoms with van der Waals surface area (Å²) in [5, 5.41) is 13.3. The van der Waals surface area contributed by atoms with Crippen molar-refractivity contribution >= 4 is 46.2 Å². The second-order valence-corrected chi connectivity index (χ2v) is 9.73. The maximum absolute atomic E-state index is 12.2. The summed E-state index contributed by atoms with van der Waals surface area (Å²) in [7, 11) is 0. The third kappa shape index (κ3) is 6.06. The van der Waals surface area contributed by atoms with Gasteiger partial charge in [-0.3, -0.25) is 20.4 Å². The smallest absolute Gasteiger partial charge is 0.279 e. The van der Waals surface area contributed by atoms with Crippen molar-refractivity contribution in [2.24, 2.45) is 0 Å². The van der Waals surface area contributed by atoms with Crippen molar-refractivity contribution in [2.75, 3.05) is 5.75 Å². The number of amides is 2. The van der Waals surface area contributed by atoms with E-state index in [-0.39, 0.29) is 17.6 Å². The highest BCUT2D eigenvalue weighted by Gasteiger charge is 2.16. The molecule has 0 bridgehead atoms. The van der Waals surface area contributed by atoms with Crippen molar-refractivity contribution in [2.45, 2.75) is 24.5 Å². The van der Waals surface area contributed by atoms with Crippen molar-refractivity contribution in [3.8, 4) is 0 Å². The third-order valence-corrected chi connectivity index (χ3v) is 7.28. The second-order valence-electron chi connectivity index (χ2n) is 6.81. The quantitative estimate of drug-likeness (QED) is 0.279. The van der Waals surface area contributed by atoms with E-state index in [0.717, 1.165) is 18.8 Å². The van der Waals surface area contributed by atoms with Gasteiger partial charge in [0.05, 0.1) is 10.6 Å². The summed E-state index contributed by atoms with van der Waals surface area (Å²) in [4.78, 5) is 26.0. The van der Waals surface area contributed by atoms with Crippen molar-refractivity contribution in [1.29, 1.82) is 0 Å². The standard InChI is InChI=1S/C22H21N5O2S3/c28-20(24-25-21(29)18-9-5-13-31-18)15-32-22-26-23-19(14-17-8-4-12-30-17)27(22)11-10-16-6-2-1-3-7-16/h1-9,12-13H,10-11,14-15H2,(H,24,28)(H,25,29). The van der Waals surface area contributed by atoms with E-state index < -0.39 is 0 Å². The Morgan fingerprint density at radius 3 is 2.50 bits per heavy atom. The lowest BCUT2D eigenvalue weighted by molar-refractivity contribution is -0.119. The number of aromatic nitrogens is 3. The lowest BCUT2D eigenvalue weighted by Gasteiger charge is -2.10. The Morgan fingerprint density at radius 1 is 0.938 bits per heavy atom. The Labute approximate surface area is 197 Å². The van der Waals surface area contributed by atoms with Crippen molar-refractivity contribution in [3.05, 3.63) is 86.5 Å². The molecule has 0 aliphatic carbocycles. The van der Waals surface area contributed by atoms with Crippen molar-refractivity contribution in [1.82, 2.24) is 25.6 Å². The summed E-state index contributed by atoms with van der Waals surface area (Å²) in [6, 6.07) is 17.8. The van der Waals surface area contributed by atoms with E-state index in [0.29, 0.717) is 16.5 Å². The molecule has 0 saturated heterocycles. The van der Waals surface area contributed by atoms with Gasteiger partial charge in [0.2, 0.25) is 5.91 Å². The molecule has 4 rings (SSSR count). The van der Waals surface area contributed by atoms with Gasteiger partial charge < -0.3 is 4.57 Å². The first-order valence-corrected chi connectivity index (χ1v) is 12.7. The number of thioether (sulfide) groups is 1. The number of benzene rings is 1. The molecule has 7 nitrogen and oxygen atoms in total. The summed E-state index contributed by atoms with van der Waals surface area (Å²) in [6.07, 6.45) is 1.54. The topological polar surface area (TPSA) is 88.9 Å². The average Bonchev–Trinajstić information content (AvgIpc) is 3.58. The number of carbonyl (C=O) groups excluding carboxylic acids is 2. The number of hydrazine groups is 1. The van der Waals surface area contributed by atoms with E-state index in [4.69, 9.17) is 0 Å². The normalized spacial score (nSPS) is 10.8. The van der Waals surface area contributed by atoms with Gasteiger partial charge in [0, 0.05) is 17.8 Å². The second kappa shape index (κ2) is 11.1. The molecule has 0 fully saturated rings. The Hall–Kier alpha value is -2.95. The fraction of sp³-hybridized carbons (Fsp3) is 0.182. The molecule has 0 saturated carbocycles. The molecule has 10 heteroatoms. The molecule has 1 aromatic carbocycles. The third-order valence-electron chi connectivity index (χ3n) is 4.57. The van der Waals surface area contributed by atoms with E-state index in [1.807, 2.05) is 35.0 Å². The molecule has 0 unspecified atom stereocenters. The van der Waals surface area contributed by atoms with Gasteiger partial charge in [-0.05, 0) is 34.9 Å². The van der Waals surface area contributed by atoms with E-state index >= 15 is 0 Å². The fourth-order valence-electron chi connectivity index (χ4n) is 3.00. The minimum Gasteiger partial charge on any atom is -0.305 e. The highest BCUT2D eigenvalue weighted by molar-refractivity contribution is 7.99. The highest BCUT2D eigenvalue weighted by Crippen LogP contribution is 2.21. The van der Waals surface area contributed by atoms with Crippen LogP contribution < -0.4 is 10.9 Å². The van der Waals surface area contributed by atoms with Gasteiger partial charge in [0.15, 0.2) is 5.16 Å². The molecule has 0 atom stereocenters. The molecule has 3 heterocycles. The van der Waals surface area contributed by atoms with Gasteiger partial charge in [0.1, 0.15) is 5.82 Å². The highest BCUT2D eigenvalue weighted by atomic mass is 32.2. The largest absolute Gasteiger partial charge is 0.305 e. The number of thiophene rings is 2. The van der Waals surface area contributed by atoms with Gasteiger partial charge in [0.25, 0.3) is 5.91 Å². The van der Waals surface area contributed by atoms with Gasteiger partial charge in [-0.15, -0.1) is 32.9 Å². The predicted octanol–water partition coefficient (Wildman–Crippen LogP) is 3.79. The minimum absolute atomic E-state index is 0.118. The number of nitrogens with zero attached hydrogens (tertiary/aromatic N) is 3. The number of nitrogens with one attached hydrogen (secondary N) is 2.